The number of carbonyl (C=O) groups excluding carboxylic acids is 1. The number of pyridine rings is 1. The second kappa shape index (κ2) is 13.0. The van der Waals surface area contributed by atoms with Crippen LogP contribution in [0.3, 0.4) is 0 Å². The standard InChI is InChI=1S/C34H44FN7O4S/c1-6-32(43)42-14-7-8-28(42)23-9-10-27(41-18-22(19-41)21-47(5,44)45)25-17-37-31(16-24(23)25)38-30-11-13-36-33(39-30)40-15-12-29(26(35)20-40)46-34(2,3)4/h6,9-11,13,16-17,22,26,28-29H,1,7-8,12,14-15,18-21H2,2-5H3,(H,36,37,38,39)/t26-,28-,29+/m0/s1. The summed E-state index contributed by atoms with van der Waals surface area (Å²) in [6, 6.07) is 7.76. The summed E-state index contributed by atoms with van der Waals surface area (Å²) in [5.74, 6) is 1.68. The van der Waals surface area contributed by atoms with Crippen molar-refractivity contribution in [3.8, 4) is 0 Å². The Balaban J connectivity index is 1.27. The van der Waals surface area contributed by atoms with Gasteiger partial charge in [-0.25, -0.2) is 22.8 Å². The van der Waals surface area contributed by atoms with Gasteiger partial charge in [-0.2, -0.15) is 4.98 Å². The summed E-state index contributed by atoms with van der Waals surface area (Å²) in [6.07, 6.45) is 6.76. The topological polar surface area (TPSA) is 121 Å². The molecule has 0 radical (unpaired) electrons. The first-order valence-corrected chi connectivity index (χ1v) is 18.3. The van der Waals surface area contributed by atoms with Crippen LogP contribution in [0.5, 0.6) is 0 Å². The monoisotopic (exact) mass is 665 g/mol. The van der Waals surface area contributed by atoms with Gasteiger partial charge in [-0.3, -0.25) is 4.79 Å². The molecule has 1 amide bonds. The second-order valence-corrected chi connectivity index (χ2v) is 16.1. The quantitative estimate of drug-likeness (QED) is 0.318. The highest BCUT2D eigenvalue weighted by atomic mass is 32.2. The molecule has 1 N–H and O–H groups in total. The lowest BCUT2D eigenvalue weighted by Gasteiger charge is -2.41. The van der Waals surface area contributed by atoms with E-state index in [0.717, 1.165) is 34.9 Å². The highest BCUT2D eigenvalue weighted by molar-refractivity contribution is 7.90. The Morgan fingerprint density at radius 3 is 2.57 bits per heavy atom. The van der Waals surface area contributed by atoms with E-state index in [-0.39, 0.29) is 30.2 Å². The summed E-state index contributed by atoms with van der Waals surface area (Å²) in [4.78, 5) is 32.5. The van der Waals surface area contributed by atoms with Crippen LogP contribution in [0.4, 0.5) is 27.7 Å². The maximum absolute atomic E-state index is 15.1. The van der Waals surface area contributed by atoms with Crippen LogP contribution < -0.4 is 15.1 Å². The van der Waals surface area contributed by atoms with Gasteiger partial charge in [0.05, 0.1) is 30.0 Å². The number of amides is 1. The van der Waals surface area contributed by atoms with Crippen molar-refractivity contribution in [2.75, 3.05) is 59.8 Å². The Labute approximate surface area is 276 Å². The molecule has 2 aromatic heterocycles. The molecule has 1 aromatic carbocycles. The number of piperidine rings is 1. The van der Waals surface area contributed by atoms with Gasteiger partial charge in [0, 0.05) is 61.8 Å². The van der Waals surface area contributed by atoms with Crippen LogP contribution >= 0.6 is 0 Å². The number of aromatic nitrogens is 3. The van der Waals surface area contributed by atoms with Crippen LogP contribution in [-0.2, 0) is 19.4 Å². The Hall–Kier alpha value is -3.84. The number of rotatable bonds is 9. The van der Waals surface area contributed by atoms with Crippen molar-refractivity contribution in [2.45, 2.75) is 64.0 Å². The predicted molar refractivity (Wildman–Crippen MR) is 183 cm³/mol. The highest BCUT2D eigenvalue weighted by Crippen LogP contribution is 2.41. The van der Waals surface area contributed by atoms with E-state index in [9.17, 15) is 13.2 Å². The van der Waals surface area contributed by atoms with Crippen molar-refractivity contribution in [2.24, 2.45) is 5.92 Å². The van der Waals surface area contributed by atoms with E-state index in [4.69, 9.17) is 14.7 Å². The maximum atomic E-state index is 15.1. The molecule has 3 aromatic rings. The fraction of sp³-hybridized carbons (Fsp3) is 0.529. The summed E-state index contributed by atoms with van der Waals surface area (Å²) >= 11 is 0. The molecule has 0 saturated carbocycles. The fourth-order valence-electron chi connectivity index (χ4n) is 7.01. The largest absolute Gasteiger partial charge is 0.370 e. The van der Waals surface area contributed by atoms with Crippen molar-refractivity contribution in [1.29, 1.82) is 0 Å². The Morgan fingerprint density at radius 2 is 1.87 bits per heavy atom. The van der Waals surface area contributed by atoms with E-state index in [0.29, 0.717) is 50.2 Å². The summed E-state index contributed by atoms with van der Waals surface area (Å²) in [5.41, 5.74) is 1.59. The van der Waals surface area contributed by atoms with Crippen molar-refractivity contribution in [1.82, 2.24) is 19.9 Å². The molecule has 3 aliphatic rings. The third kappa shape index (κ3) is 7.51. The maximum Gasteiger partial charge on any atom is 0.246 e. The number of nitrogens with zero attached hydrogens (tertiary/aromatic N) is 6. The summed E-state index contributed by atoms with van der Waals surface area (Å²) in [7, 11) is -3.06. The average Bonchev–Trinajstić information content (AvgIpc) is 3.48. The zero-order chi connectivity index (χ0) is 33.5. The molecule has 3 fully saturated rings. The van der Waals surface area contributed by atoms with Gasteiger partial charge in [-0.05, 0) is 75.3 Å². The molecule has 0 spiro atoms. The molecule has 0 bridgehead atoms. The second-order valence-electron chi connectivity index (χ2n) is 13.9. The van der Waals surface area contributed by atoms with Gasteiger partial charge in [0.2, 0.25) is 11.9 Å². The third-order valence-corrected chi connectivity index (χ3v) is 10.1. The smallest absolute Gasteiger partial charge is 0.246 e. The van der Waals surface area contributed by atoms with E-state index in [1.165, 1.54) is 12.3 Å². The minimum Gasteiger partial charge on any atom is -0.370 e. The number of benzene rings is 1. The zero-order valence-electron chi connectivity index (χ0n) is 27.5. The van der Waals surface area contributed by atoms with Gasteiger partial charge in [0.25, 0.3) is 0 Å². The Bertz CT molecular complexity index is 1760. The van der Waals surface area contributed by atoms with Gasteiger partial charge < -0.3 is 24.8 Å². The SMILES string of the molecule is C=CC(=O)N1CCC[C@H]1c1ccc(N2CC(CS(C)(=O)=O)C2)c2cnc(Nc3ccnc(N4CC[C@@H](OC(C)(C)C)[C@@H](F)C4)n3)cc12. The number of sulfone groups is 1. The fourth-order valence-corrected chi connectivity index (χ4v) is 8.07. The number of ether oxygens (including phenoxy) is 1. The van der Waals surface area contributed by atoms with Gasteiger partial charge >= 0.3 is 0 Å². The normalized spacial score (nSPS) is 22.4. The van der Waals surface area contributed by atoms with E-state index in [2.05, 4.69) is 33.9 Å². The van der Waals surface area contributed by atoms with Crippen LogP contribution in [0.15, 0.2) is 49.3 Å². The molecule has 5 heterocycles. The lowest BCUT2D eigenvalue weighted by Crippen LogP contribution is -2.49. The average molecular weight is 666 g/mol. The minimum absolute atomic E-state index is 0.0839. The molecule has 13 heteroatoms. The van der Waals surface area contributed by atoms with E-state index in [1.807, 2.05) is 42.8 Å². The Morgan fingerprint density at radius 1 is 1.09 bits per heavy atom. The molecule has 3 aliphatic heterocycles. The lowest BCUT2D eigenvalue weighted by atomic mass is 9.94. The van der Waals surface area contributed by atoms with Crippen molar-refractivity contribution >= 4 is 49.8 Å². The molecule has 0 aliphatic carbocycles. The van der Waals surface area contributed by atoms with Crippen molar-refractivity contribution < 1.29 is 22.3 Å². The number of hydrogen-bond acceptors (Lipinski definition) is 10. The number of anilines is 4. The van der Waals surface area contributed by atoms with Gasteiger partial charge in [-0.15, -0.1) is 0 Å². The first-order valence-electron chi connectivity index (χ1n) is 16.2. The van der Waals surface area contributed by atoms with E-state index >= 15 is 4.39 Å². The first-order chi connectivity index (χ1) is 22.3. The minimum atomic E-state index is -3.06. The Kier molecular flexibility index (Phi) is 9.14. The van der Waals surface area contributed by atoms with Gasteiger partial charge in [-0.1, -0.05) is 12.6 Å². The third-order valence-electron chi connectivity index (χ3n) is 8.99. The molecule has 0 unspecified atom stereocenters. The molecular formula is C34H44FN7O4S. The van der Waals surface area contributed by atoms with E-state index < -0.39 is 27.7 Å². The molecule has 3 saturated heterocycles. The summed E-state index contributed by atoms with van der Waals surface area (Å²) < 4.78 is 44.7. The predicted octanol–water partition coefficient (Wildman–Crippen LogP) is 4.83. The number of halogens is 1. The molecule has 11 nitrogen and oxygen atoms in total. The number of fused-ring (bicyclic) bond motifs is 1. The van der Waals surface area contributed by atoms with Crippen LogP contribution in [0.25, 0.3) is 10.8 Å². The van der Waals surface area contributed by atoms with Crippen molar-refractivity contribution in [3.05, 3.63) is 54.9 Å². The molecule has 252 valence electrons. The number of hydrogen-bond donors (Lipinski definition) is 1. The molecule has 3 atom stereocenters. The van der Waals surface area contributed by atoms with Crippen LogP contribution in [0, 0.1) is 5.92 Å². The van der Waals surface area contributed by atoms with Crippen molar-refractivity contribution in [3.63, 3.8) is 0 Å². The molecule has 47 heavy (non-hydrogen) atoms. The zero-order valence-corrected chi connectivity index (χ0v) is 28.3. The van der Waals surface area contributed by atoms with Crippen LogP contribution in [0.1, 0.15) is 51.6 Å². The summed E-state index contributed by atoms with van der Waals surface area (Å²) in [6.45, 7) is 12.2. The summed E-state index contributed by atoms with van der Waals surface area (Å²) in [5, 5.41) is 5.20. The number of alkyl halides is 1. The highest BCUT2D eigenvalue weighted by Gasteiger charge is 2.35. The molecular weight excluding hydrogens is 621 g/mol. The van der Waals surface area contributed by atoms with Gasteiger partial charge in [0.1, 0.15) is 27.6 Å². The van der Waals surface area contributed by atoms with Crippen LogP contribution in [0.2, 0.25) is 0 Å². The van der Waals surface area contributed by atoms with E-state index in [1.54, 1.807) is 12.3 Å². The lowest BCUT2D eigenvalue weighted by molar-refractivity contribution is -0.126. The number of likely N-dealkylation sites (tertiary alicyclic amines) is 1. The first kappa shape index (κ1) is 33.1. The van der Waals surface area contributed by atoms with Gasteiger partial charge in [0.15, 0.2) is 0 Å². The molecule has 6 rings (SSSR count). The number of nitrogens with one attached hydrogen (secondary N) is 1. The van der Waals surface area contributed by atoms with Crippen LogP contribution in [-0.4, -0.2) is 96.8 Å². The number of carbonyl (C=O) groups is 1.